The van der Waals surface area contributed by atoms with E-state index < -0.39 is 0 Å². The van der Waals surface area contributed by atoms with Crippen molar-refractivity contribution in [3.05, 3.63) is 75.2 Å². The maximum absolute atomic E-state index is 12.8. The fourth-order valence-corrected chi connectivity index (χ4v) is 3.60. The molecule has 0 radical (unpaired) electrons. The third kappa shape index (κ3) is 4.11. The van der Waals surface area contributed by atoms with Gasteiger partial charge in [0.1, 0.15) is 0 Å². The SMILES string of the molecule is O=C(CCn1cnc2ccc(Br)cc2c1=O)N(Cc1ccccc1)C1CC1. The molecule has 1 fully saturated rings. The summed E-state index contributed by atoms with van der Waals surface area (Å²) in [7, 11) is 0. The van der Waals surface area contributed by atoms with Gasteiger partial charge < -0.3 is 4.90 Å². The highest BCUT2D eigenvalue weighted by Gasteiger charge is 2.32. The number of rotatable bonds is 6. The minimum atomic E-state index is -0.116. The molecule has 0 saturated heterocycles. The van der Waals surface area contributed by atoms with Crippen LogP contribution in [-0.4, -0.2) is 26.4 Å². The van der Waals surface area contributed by atoms with Crippen molar-refractivity contribution in [2.75, 3.05) is 0 Å². The van der Waals surface area contributed by atoms with Crippen molar-refractivity contribution < 1.29 is 4.79 Å². The van der Waals surface area contributed by atoms with Gasteiger partial charge in [0.2, 0.25) is 5.91 Å². The summed E-state index contributed by atoms with van der Waals surface area (Å²) in [5.41, 5.74) is 1.68. The van der Waals surface area contributed by atoms with Gasteiger partial charge in [0.05, 0.1) is 17.2 Å². The minimum absolute atomic E-state index is 0.0857. The van der Waals surface area contributed by atoms with Gasteiger partial charge >= 0.3 is 0 Å². The van der Waals surface area contributed by atoms with Crippen LogP contribution in [0.5, 0.6) is 0 Å². The predicted octanol–water partition coefficient (Wildman–Crippen LogP) is 3.74. The number of fused-ring (bicyclic) bond motifs is 1. The van der Waals surface area contributed by atoms with Crippen molar-refractivity contribution in [1.29, 1.82) is 0 Å². The fourth-order valence-electron chi connectivity index (χ4n) is 3.24. The van der Waals surface area contributed by atoms with Gasteiger partial charge in [-0.05, 0) is 36.6 Å². The summed E-state index contributed by atoms with van der Waals surface area (Å²) < 4.78 is 2.37. The lowest BCUT2D eigenvalue weighted by Crippen LogP contribution is -2.34. The van der Waals surface area contributed by atoms with Crippen molar-refractivity contribution in [2.45, 2.75) is 38.4 Å². The van der Waals surface area contributed by atoms with Crippen LogP contribution in [0.15, 0.2) is 64.1 Å². The molecular formula is C21H20BrN3O2. The van der Waals surface area contributed by atoms with Gasteiger partial charge in [0.15, 0.2) is 0 Å². The molecule has 1 aliphatic carbocycles. The van der Waals surface area contributed by atoms with Gasteiger partial charge in [-0.25, -0.2) is 4.98 Å². The first kappa shape index (κ1) is 17.9. The first-order chi connectivity index (χ1) is 13.1. The van der Waals surface area contributed by atoms with Gasteiger partial charge in [-0.15, -0.1) is 0 Å². The molecule has 1 aromatic heterocycles. The van der Waals surface area contributed by atoms with Crippen molar-refractivity contribution in [2.24, 2.45) is 0 Å². The van der Waals surface area contributed by atoms with Crippen molar-refractivity contribution in [3.63, 3.8) is 0 Å². The number of hydrogen-bond donors (Lipinski definition) is 0. The molecule has 5 nitrogen and oxygen atoms in total. The Morgan fingerprint density at radius 1 is 1.19 bits per heavy atom. The second-order valence-corrected chi connectivity index (χ2v) is 7.81. The first-order valence-electron chi connectivity index (χ1n) is 9.10. The summed E-state index contributed by atoms with van der Waals surface area (Å²) in [6.45, 7) is 0.966. The summed E-state index contributed by atoms with van der Waals surface area (Å²) >= 11 is 3.39. The normalized spacial score (nSPS) is 13.7. The van der Waals surface area contributed by atoms with Crippen LogP contribution in [-0.2, 0) is 17.9 Å². The largest absolute Gasteiger partial charge is 0.335 e. The second-order valence-electron chi connectivity index (χ2n) is 6.89. The molecular weight excluding hydrogens is 406 g/mol. The van der Waals surface area contributed by atoms with Gasteiger partial charge in [0, 0.05) is 30.0 Å². The average molecular weight is 426 g/mol. The van der Waals surface area contributed by atoms with Crippen LogP contribution in [0.4, 0.5) is 0 Å². The molecule has 1 heterocycles. The highest BCUT2D eigenvalue weighted by Crippen LogP contribution is 2.29. The molecule has 1 amide bonds. The quantitative estimate of drug-likeness (QED) is 0.604. The lowest BCUT2D eigenvalue weighted by Gasteiger charge is -2.23. The van der Waals surface area contributed by atoms with Crippen LogP contribution >= 0.6 is 15.9 Å². The average Bonchev–Trinajstić information content (AvgIpc) is 3.52. The molecule has 0 N–H and O–H groups in total. The van der Waals surface area contributed by atoms with E-state index in [1.807, 2.05) is 47.4 Å². The molecule has 6 heteroatoms. The monoisotopic (exact) mass is 425 g/mol. The number of carbonyl (C=O) groups is 1. The van der Waals surface area contributed by atoms with E-state index in [9.17, 15) is 9.59 Å². The number of carbonyl (C=O) groups excluding carboxylic acids is 1. The zero-order valence-electron chi connectivity index (χ0n) is 14.8. The molecule has 3 aromatic rings. The van der Waals surface area contributed by atoms with E-state index in [1.54, 1.807) is 6.07 Å². The molecule has 0 unspecified atom stereocenters. The Kier molecular flexibility index (Phi) is 5.07. The molecule has 0 atom stereocenters. The molecule has 0 bridgehead atoms. The van der Waals surface area contributed by atoms with Crippen LogP contribution in [0, 0.1) is 0 Å². The summed E-state index contributed by atoms with van der Waals surface area (Å²) in [6, 6.07) is 15.8. The third-order valence-electron chi connectivity index (χ3n) is 4.86. The third-order valence-corrected chi connectivity index (χ3v) is 5.35. The summed E-state index contributed by atoms with van der Waals surface area (Å²) in [5.74, 6) is 0.0857. The molecule has 0 spiro atoms. The highest BCUT2D eigenvalue weighted by molar-refractivity contribution is 9.10. The van der Waals surface area contributed by atoms with Gasteiger partial charge in [-0.1, -0.05) is 46.3 Å². The Balaban J connectivity index is 1.48. The van der Waals surface area contributed by atoms with Crippen molar-refractivity contribution in [3.8, 4) is 0 Å². The predicted molar refractivity (Wildman–Crippen MR) is 108 cm³/mol. The van der Waals surface area contributed by atoms with E-state index in [0.29, 0.717) is 36.5 Å². The fraction of sp³-hybridized carbons (Fsp3) is 0.286. The lowest BCUT2D eigenvalue weighted by atomic mass is 10.2. The first-order valence-corrected chi connectivity index (χ1v) is 9.89. The summed E-state index contributed by atoms with van der Waals surface area (Å²) in [6.07, 6.45) is 3.95. The Morgan fingerprint density at radius 2 is 1.96 bits per heavy atom. The number of nitrogens with zero attached hydrogens (tertiary/aromatic N) is 3. The molecule has 27 heavy (non-hydrogen) atoms. The zero-order chi connectivity index (χ0) is 18.8. The summed E-state index contributed by atoms with van der Waals surface area (Å²) in [4.78, 5) is 31.8. The van der Waals surface area contributed by atoms with E-state index in [4.69, 9.17) is 0 Å². The zero-order valence-corrected chi connectivity index (χ0v) is 16.4. The van der Waals surface area contributed by atoms with E-state index in [-0.39, 0.29) is 11.5 Å². The Morgan fingerprint density at radius 3 is 2.70 bits per heavy atom. The topological polar surface area (TPSA) is 55.2 Å². The molecule has 138 valence electrons. The van der Waals surface area contributed by atoms with Crippen LogP contribution in [0.1, 0.15) is 24.8 Å². The maximum atomic E-state index is 12.8. The number of aryl methyl sites for hydroxylation is 1. The molecule has 4 rings (SSSR count). The number of halogens is 1. The number of amides is 1. The van der Waals surface area contributed by atoms with Crippen LogP contribution < -0.4 is 5.56 Å². The number of benzene rings is 2. The van der Waals surface area contributed by atoms with Crippen LogP contribution in [0.25, 0.3) is 10.9 Å². The smallest absolute Gasteiger partial charge is 0.261 e. The van der Waals surface area contributed by atoms with Crippen LogP contribution in [0.3, 0.4) is 0 Å². The maximum Gasteiger partial charge on any atom is 0.261 e. The minimum Gasteiger partial charge on any atom is -0.335 e. The van der Waals surface area contributed by atoms with Gasteiger partial charge in [0.25, 0.3) is 5.56 Å². The molecule has 1 aliphatic rings. The van der Waals surface area contributed by atoms with E-state index in [2.05, 4.69) is 20.9 Å². The van der Waals surface area contributed by atoms with E-state index in [0.717, 1.165) is 22.9 Å². The molecule has 2 aromatic carbocycles. The van der Waals surface area contributed by atoms with E-state index in [1.165, 1.54) is 10.9 Å². The molecule has 1 saturated carbocycles. The standard InChI is InChI=1S/C21H20BrN3O2/c22-16-6-9-19-18(12-16)21(27)24(14-23-19)11-10-20(26)25(17-7-8-17)13-15-4-2-1-3-5-15/h1-6,9,12,14,17H,7-8,10-11,13H2. The Hall–Kier alpha value is -2.47. The van der Waals surface area contributed by atoms with Crippen molar-refractivity contribution in [1.82, 2.24) is 14.5 Å². The van der Waals surface area contributed by atoms with Crippen LogP contribution in [0.2, 0.25) is 0 Å². The second kappa shape index (κ2) is 7.64. The summed E-state index contributed by atoms with van der Waals surface area (Å²) in [5, 5.41) is 0.558. The number of aromatic nitrogens is 2. The highest BCUT2D eigenvalue weighted by atomic mass is 79.9. The number of hydrogen-bond acceptors (Lipinski definition) is 3. The van der Waals surface area contributed by atoms with E-state index >= 15 is 0 Å². The van der Waals surface area contributed by atoms with Gasteiger partial charge in [-0.2, -0.15) is 0 Å². The Labute approximate surface area is 165 Å². The van der Waals surface area contributed by atoms with Gasteiger partial charge in [-0.3, -0.25) is 14.2 Å². The molecule has 0 aliphatic heterocycles. The Bertz CT molecular complexity index is 1030. The van der Waals surface area contributed by atoms with Crippen molar-refractivity contribution >= 4 is 32.7 Å². The lowest BCUT2D eigenvalue weighted by molar-refractivity contribution is -0.132.